The maximum absolute atomic E-state index is 12.5. The Morgan fingerprint density at radius 1 is 1.17 bits per heavy atom. The number of esters is 1. The molecule has 2 aromatic rings. The van der Waals surface area contributed by atoms with Gasteiger partial charge in [-0.3, -0.25) is 4.79 Å². The van der Waals surface area contributed by atoms with E-state index in [0.29, 0.717) is 23.6 Å². The normalized spacial score (nSPS) is 11.9. The van der Waals surface area contributed by atoms with Crippen molar-refractivity contribution in [3.63, 3.8) is 0 Å². The Kier molecular flexibility index (Phi) is 5.39. The van der Waals surface area contributed by atoms with Gasteiger partial charge in [-0.05, 0) is 45.2 Å². The summed E-state index contributed by atoms with van der Waals surface area (Å²) in [5, 5.41) is 6.29. The highest BCUT2D eigenvalue weighted by Gasteiger charge is 2.24. The SMILES string of the molecule is CC[C@H](OC(=O)c1c(C)cc(C)cc1C)C(=O)Nc1cc(C)on1. The van der Waals surface area contributed by atoms with Gasteiger partial charge in [-0.25, -0.2) is 4.79 Å². The molecule has 6 heteroatoms. The zero-order valence-corrected chi connectivity index (χ0v) is 14.6. The molecule has 0 saturated heterocycles. The van der Waals surface area contributed by atoms with Crippen LogP contribution in [-0.4, -0.2) is 23.1 Å². The molecular weight excluding hydrogens is 308 g/mol. The molecule has 1 aromatic carbocycles. The molecule has 0 aliphatic heterocycles. The molecule has 6 nitrogen and oxygen atoms in total. The molecule has 0 saturated carbocycles. The average Bonchev–Trinajstić information content (AvgIpc) is 2.88. The molecule has 0 fully saturated rings. The number of nitrogens with zero attached hydrogens (tertiary/aromatic N) is 1. The smallest absolute Gasteiger partial charge is 0.339 e. The van der Waals surface area contributed by atoms with Crippen LogP contribution in [0.2, 0.25) is 0 Å². The zero-order chi connectivity index (χ0) is 17.9. The van der Waals surface area contributed by atoms with E-state index in [2.05, 4.69) is 10.5 Å². The molecule has 0 unspecified atom stereocenters. The van der Waals surface area contributed by atoms with E-state index in [9.17, 15) is 9.59 Å². The van der Waals surface area contributed by atoms with Crippen LogP contribution in [0.5, 0.6) is 0 Å². The van der Waals surface area contributed by atoms with E-state index in [0.717, 1.165) is 16.7 Å². The summed E-state index contributed by atoms with van der Waals surface area (Å²) in [4.78, 5) is 24.8. The van der Waals surface area contributed by atoms with Crippen LogP contribution in [0.15, 0.2) is 22.7 Å². The Morgan fingerprint density at radius 3 is 2.29 bits per heavy atom. The number of aromatic nitrogens is 1. The molecule has 1 N–H and O–H groups in total. The van der Waals surface area contributed by atoms with Crippen molar-refractivity contribution >= 4 is 17.7 Å². The van der Waals surface area contributed by atoms with Crippen molar-refractivity contribution in [3.05, 3.63) is 46.2 Å². The number of hydrogen-bond donors (Lipinski definition) is 1. The second-order valence-corrected chi connectivity index (χ2v) is 5.89. The van der Waals surface area contributed by atoms with E-state index in [4.69, 9.17) is 9.26 Å². The molecule has 1 heterocycles. The molecule has 0 aliphatic carbocycles. The lowest BCUT2D eigenvalue weighted by Crippen LogP contribution is -2.32. The van der Waals surface area contributed by atoms with Gasteiger partial charge in [-0.1, -0.05) is 29.8 Å². The highest BCUT2D eigenvalue weighted by Crippen LogP contribution is 2.19. The summed E-state index contributed by atoms with van der Waals surface area (Å²) in [6.07, 6.45) is -0.534. The minimum absolute atomic E-state index is 0.301. The van der Waals surface area contributed by atoms with E-state index in [1.54, 1.807) is 19.9 Å². The monoisotopic (exact) mass is 330 g/mol. The molecule has 128 valence electrons. The molecule has 0 spiro atoms. The lowest BCUT2D eigenvalue weighted by molar-refractivity contribution is -0.124. The van der Waals surface area contributed by atoms with Gasteiger partial charge in [0.1, 0.15) is 5.76 Å². The number of benzene rings is 1. The van der Waals surface area contributed by atoms with E-state index in [1.165, 1.54) is 0 Å². The molecule has 2 rings (SSSR count). The summed E-state index contributed by atoms with van der Waals surface area (Å²) < 4.78 is 10.3. The van der Waals surface area contributed by atoms with Gasteiger partial charge in [0.2, 0.25) is 0 Å². The van der Waals surface area contributed by atoms with Gasteiger partial charge >= 0.3 is 5.97 Å². The molecule has 1 atom stereocenters. The van der Waals surface area contributed by atoms with Crippen molar-refractivity contribution in [2.45, 2.75) is 47.1 Å². The van der Waals surface area contributed by atoms with Crippen molar-refractivity contribution in [3.8, 4) is 0 Å². The second kappa shape index (κ2) is 7.29. The van der Waals surface area contributed by atoms with Gasteiger partial charge < -0.3 is 14.6 Å². The van der Waals surface area contributed by atoms with Crippen molar-refractivity contribution in [1.82, 2.24) is 5.16 Å². The minimum Gasteiger partial charge on any atom is -0.449 e. The summed E-state index contributed by atoms with van der Waals surface area (Å²) in [5.74, 6) is -0.0409. The molecule has 0 radical (unpaired) electrons. The van der Waals surface area contributed by atoms with Gasteiger partial charge in [0, 0.05) is 6.07 Å². The Morgan fingerprint density at radius 2 is 1.79 bits per heavy atom. The fraction of sp³-hybridized carbons (Fsp3) is 0.389. The largest absolute Gasteiger partial charge is 0.449 e. The predicted octanol–water partition coefficient (Wildman–Crippen LogP) is 3.48. The Labute approximate surface area is 141 Å². The summed E-state index contributed by atoms with van der Waals surface area (Å²) in [6.45, 7) is 9.19. The van der Waals surface area contributed by atoms with Gasteiger partial charge in [-0.2, -0.15) is 0 Å². The number of hydrogen-bond acceptors (Lipinski definition) is 5. The first-order chi connectivity index (χ1) is 11.3. The molecule has 1 amide bonds. The quantitative estimate of drug-likeness (QED) is 0.849. The van der Waals surface area contributed by atoms with E-state index in [-0.39, 0.29) is 0 Å². The number of rotatable bonds is 5. The number of carbonyl (C=O) groups is 2. The predicted molar refractivity (Wildman–Crippen MR) is 90.0 cm³/mol. The van der Waals surface area contributed by atoms with Crippen LogP contribution >= 0.6 is 0 Å². The first-order valence-electron chi connectivity index (χ1n) is 7.84. The maximum atomic E-state index is 12.5. The van der Waals surface area contributed by atoms with Gasteiger partial charge in [0.15, 0.2) is 11.9 Å². The zero-order valence-electron chi connectivity index (χ0n) is 14.6. The number of anilines is 1. The van der Waals surface area contributed by atoms with Crippen LogP contribution in [-0.2, 0) is 9.53 Å². The van der Waals surface area contributed by atoms with Crippen LogP contribution in [0, 0.1) is 27.7 Å². The van der Waals surface area contributed by atoms with Crippen molar-refractivity contribution < 1.29 is 18.8 Å². The summed E-state index contributed by atoms with van der Waals surface area (Å²) in [7, 11) is 0. The third-order valence-electron chi connectivity index (χ3n) is 3.67. The molecule has 0 aliphatic rings. The molecular formula is C18H22N2O4. The molecule has 0 bridgehead atoms. The second-order valence-electron chi connectivity index (χ2n) is 5.89. The highest BCUT2D eigenvalue weighted by atomic mass is 16.5. The van der Waals surface area contributed by atoms with Crippen LogP contribution in [0.25, 0.3) is 0 Å². The average molecular weight is 330 g/mol. The number of aryl methyl sites for hydroxylation is 4. The lowest BCUT2D eigenvalue weighted by atomic mass is 10.00. The molecule has 24 heavy (non-hydrogen) atoms. The van der Waals surface area contributed by atoms with Gasteiger partial charge in [0.25, 0.3) is 5.91 Å². The van der Waals surface area contributed by atoms with Crippen LogP contribution < -0.4 is 5.32 Å². The van der Waals surface area contributed by atoms with Crippen LogP contribution in [0.4, 0.5) is 5.82 Å². The third kappa shape index (κ3) is 4.01. The van der Waals surface area contributed by atoms with Crippen molar-refractivity contribution in [2.24, 2.45) is 0 Å². The fourth-order valence-corrected chi connectivity index (χ4v) is 2.64. The number of nitrogens with one attached hydrogen (secondary N) is 1. The highest BCUT2D eigenvalue weighted by molar-refractivity contribution is 5.98. The Hall–Kier alpha value is -2.63. The topological polar surface area (TPSA) is 81.4 Å². The first-order valence-corrected chi connectivity index (χ1v) is 7.84. The Balaban J connectivity index is 2.12. The van der Waals surface area contributed by atoms with E-state index < -0.39 is 18.0 Å². The number of amides is 1. The summed E-state index contributed by atoms with van der Waals surface area (Å²) >= 11 is 0. The first kappa shape index (κ1) is 17.7. The third-order valence-corrected chi connectivity index (χ3v) is 3.67. The maximum Gasteiger partial charge on any atom is 0.339 e. The van der Waals surface area contributed by atoms with Gasteiger partial charge in [0.05, 0.1) is 5.56 Å². The lowest BCUT2D eigenvalue weighted by Gasteiger charge is -2.17. The van der Waals surface area contributed by atoms with E-state index in [1.807, 2.05) is 32.9 Å². The molecule has 1 aromatic heterocycles. The summed E-state index contributed by atoms with van der Waals surface area (Å²) in [6, 6.07) is 5.44. The van der Waals surface area contributed by atoms with Crippen LogP contribution in [0.3, 0.4) is 0 Å². The standard InChI is InChI=1S/C18H22N2O4/c1-6-14(17(21)19-15-9-13(5)24-20-15)23-18(22)16-11(3)7-10(2)8-12(16)4/h7-9,14H,6H2,1-5H3,(H,19,20,21)/t14-/m0/s1. The summed E-state index contributed by atoms with van der Waals surface area (Å²) in [5.41, 5.74) is 3.25. The van der Waals surface area contributed by atoms with Crippen molar-refractivity contribution in [1.29, 1.82) is 0 Å². The number of ether oxygens (including phenoxy) is 1. The minimum atomic E-state index is -0.894. The Bertz CT molecular complexity index is 741. The van der Waals surface area contributed by atoms with Crippen LogP contribution in [0.1, 0.15) is 46.2 Å². The van der Waals surface area contributed by atoms with E-state index >= 15 is 0 Å². The fourth-order valence-electron chi connectivity index (χ4n) is 2.64. The number of carbonyl (C=O) groups excluding carboxylic acids is 2. The van der Waals surface area contributed by atoms with Crippen molar-refractivity contribution in [2.75, 3.05) is 5.32 Å². The van der Waals surface area contributed by atoms with Gasteiger partial charge in [-0.15, -0.1) is 0 Å².